The van der Waals surface area contributed by atoms with E-state index in [1.807, 2.05) is 90.5 Å². The summed E-state index contributed by atoms with van der Waals surface area (Å²) >= 11 is 0. The Morgan fingerprint density at radius 3 is 2.38 bits per heavy atom. The number of hydrogen-bond acceptors (Lipinski definition) is 3. The number of carboxylic acid groups (broad SMARTS) is 1. The van der Waals surface area contributed by atoms with Gasteiger partial charge in [-0.1, -0.05) is 72.3 Å². The Balaban J connectivity index is 1.36. The third-order valence-corrected chi connectivity index (χ3v) is 5.51. The molecule has 5 nitrogen and oxygen atoms in total. The normalized spacial score (nSPS) is 11.0. The molecule has 4 aromatic rings. The lowest BCUT2D eigenvalue weighted by Crippen LogP contribution is -2.09. The van der Waals surface area contributed by atoms with Gasteiger partial charge in [0.15, 0.2) is 0 Å². The quantitative estimate of drug-likeness (QED) is 0.316. The van der Waals surface area contributed by atoms with Crippen LogP contribution in [0.4, 0.5) is 0 Å². The Bertz CT molecular complexity index is 1320. The Labute approximate surface area is 198 Å². The SMILES string of the molecule is Cc1ccc(C(=O)c2cccn2C/C=C/c2ccc(OCc3ccccc3C(=O)O)cc2)cc1. The van der Waals surface area contributed by atoms with Crippen molar-refractivity contribution in [3.8, 4) is 5.75 Å². The van der Waals surface area contributed by atoms with E-state index in [1.165, 1.54) is 0 Å². The van der Waals surface area contributed by atoms with E-state index in [0.717, 1.165) is 11.1 Å². The molecule has 1 aromatic heterocycles. The van der Waals surface area contributed by atoms with Crippen LogP contribution in [0.1, 0.15) is 43.1 Å². The summed E-state index contributed by atoms with van der Waals surface area (Å²) < 4.78 is 7.69. The Morgan fingerprint density at radius 1 is 0.912 bits per heavy atom. The molecular formula is C29H25NO4. The predicted molar refractivity (Wildman–Crippen MR) is 132 cm³/mol. The summed E-state index contributed by atoms with van der Waals surface area (Å²) in [6.07, 6.45) is 5.90. The number of ketones is 1. The number of ether oxygens (including phenoxy) is 1. The highest BCUT2D eigenvalue weighted by molar-refractivity contribution is 6.08. The van der Waals surface area contributed by atoms with Crippen LogP contribution >= 0.6 is 0 Å². The van der Waals surface area contributed by atoms with Crippen molar-refractivity contribution in [2.24, 2.45) is 0 Å². The van der Waals surface area contributed by atoms with Gasteiger partial charge in [-0.25, -0.2) is 4.79 Å². The van der Waals surface area contributed by atoms with Crippen LogP contribution in [0.3, 0.4) is 0 Å². The number of aryl methyl sites for hydroxylation is 1. The first-order valence-electron chi connectivity index (χ1n) is 11.0. The molecule has 0 radical (unpaired) electrons. The van der Waals surface area contributed by atoms with Gasteiger partial charge in [-0.2, -0.15) is 0 Å². The maximum Gasteiger partial charge on any atom is 0.336 e. The highest BCUT2D eigenvalue weighted by Gasteiger charge is 2.12. The Hall–Kier alpha value is -4.38. The molecule has 0 saturated carbocycles. The average molecular weight is 452 g/mol. The second-order valence-corrected chi connectivity index (χ2v) is 7.96. The van der Waals surface area contributed by atoms with E-state index in [9.17, 15) is 14.7 Å². The van der Waals surface area contributed by atoms with Gasteiger partial charge in [0, 0.05) is 23.9 Å². The topological polar surface area (TPSA) is 68.5 Å². The zero-order valence-electron chi connectivity index (χ0n) is 18.8. The molecular weight excluding hydrogens is 426 g/mol. The summed E-state index contributed by atoms with van der Waals surface area (Å²) in [5.41, 5.74) is 4.32. The van der Waals surface area contributed by atoms with E-state index < -0.39 is 5.97 Å². The van der Waals surface area contributed by atoms with Gasteiger partial charge in [-0.15, -0.1) is 0 Å². The van der Waals surface area contributed by atoms with Gasteiger partial charge in [-0.05, 0) is 42.8 Å². The molecule has 0 aliphatic carbocycles. The molecule has 3 aromatic carbocycles. The van der Waals surface area contributed by atoms with Crippen molar-refractivity contribution in [1.29, 1.82) is 0 Å². The molecule has 0 spiro atoms. The van der Waals surface area contributed by atoms with Gasteiger partial charge >= 0.3 is 5.97 Å². The van der Waals surface area contributed by atoms with Crippen LogP contribution < -0.4 is 4.74 Å². The highest BCUT2D eigenvalue weighted by atomic mass is 16.5. The number of allylic oxidation sites excluding steroid dienone is 1. The van der Waals surface area contributed by atoms with Crippen molar-refractivity contribution < 1.29 is 19.4 Å². The summed E-state index contributed by atoms with van der Waals surface area (Å²) in [6, 6.07) is 25.7. The van der Waals surface area contributed by atoms with Gasteiger partial charge in [-0.3, -0.25) is 4.79 Å². The molecule has 0 fully saturated rings. The van der Waals surface area contributed by atoms with Crippen LogP contribution in [0.5, 0.6) is 5.75 Å². The predicted octanol–water partition coefficient (Wildman–Crippen LogP) is 6.02. The van der Waals surface area contributed by atoms with Crippen LogP contribution in [0.15, 0.2) is 97.2 Å². The van der Waals surface area contributed by atoms with Crippen molar-refractivity contribution >= 4 is 17.8 Å². The Morgan fingerprint density at radius 2 is 1.65 bits per heavy atom. The molecule has 0 saturated heterocycles. The maximum absolute atomic E-state index is 12.8. The van der Waals surface area contributed by atoms with E-state index in [4.69, 9.17) is 4.74 Å². The van der Waals surface area contributed by atoms with E-state index in [2.05, 4.69) is 0 Å². The molecule has 1 heterocycles. The first-order valence-corrected chi connectivity index (χ1v) is 11.0. The summed E-state index contributed by atoms with van der Waals surface area (Å²) in [4.78, 5) is 24.2. The van der Waals surface area contributed by atoms with Crippen molar-refractivity contribution in [3.05, 3.63) is 131 Å². The first kappa shape index (κ1) is 22.8. The van der Waals surface area contributed by atoms with Gasteiger partial charge in [0.1, 0.15) is 12.4 Å². The second-order valence-electron chi connectivity index (χ2n) is 7.96. The third-order valence-electron chi connectivity index (χ3n) is 5.51. The number of carbonyl (C=O) groups excluding carboxylic acids is 1. The lowest BCUT2D eigenvalue weighted by Gasteiger charge is -2.09. The van der Waals surface area contributed by atoms with E-state index >= 15 is 0 Å². The summed E-state index contributed by atoms with van der Waals surface area (Å²) in [6.45, 7) is 2.76. The minimum Gasteiger partial charge on any atom is -0.489 e. The lowest BCUT2D eigenvalue weighted by atomic mass is 10.1. The van der Waals surface area contributed by atoms with Crippen molar-refractivity contribution in [1.82, 2.24) is 4.57 Å². The van der Waals surface area contributed by atoms with Crippen molar-refractivity contribution in [2.45, 2.75) is 20.1 Å². The monoisotopic (exact) mass is 451 g/mol. The zero-order valence-corrected chi connectivity index (χ0v) is 18.8. The summed E-state index contributed by atoms with van der Waals surface area (Å²) in [5, 5.41) is 9.28. The largest absolute Gasteiger partial charge is 0.489 e. The molecule has 0 atom stereocenters. The van der Waals surface area contributed by atoms with Crippen LogP contribution in [0.2, 0.25) is 0 Å². The molecule has 5 heteroatoms. The summed E-state index contributed by atoms with van der Waals surface area (Å²) in [7, 11) is 0. The number of hydrogen-bond donors (Lipinski definition) is 1. The molecule has 4 rings (SSSR count). The number of aromatic nitrogens is 1. The van der Waals surface area contributed by atoms with Gasteiger partial charge in [0.05, 0.1) is 11.3 Å². The van der Waals surface area contributed by atoms with Crippen LogP contribution in [0, 0.1) is 6.92 Å². The number of aromatic carboxylic acids is 1. The third kappa shape index (κ3) is 5.51. The minimum absolute atomic E-state index is 0.00405. The molecule has 0 aliphatic rings. The van der Waals surface area contributed by atoms with E-state index in [0.29, 0.717) is 29.1 Å². The van der Waals surface area contributed by atoms with Crippen molar-refractivity contribution in [3.63, 3.8) is 0 Å². The number of benzene rings is 3. The molecule has 0 amide bonds. The fourth-order valence-corrected chi connectivity index (χ4v) is 3.63. The van der Waals surface area contributed by atoms with E-state index in [-0.39, 0.29) is 18.0 Å². The van der Waals surface area contributed by atoms with Crippen LogP contribution in [-0.4, -0.2) is 21.4 Å². The molecule has 170 valence electrons. The fraction of sp³-hybridized carbons (Fsp3) is 0.103. The maximum atomic E-state index is 12.8. The number of carboxylic acids is 1. The lowest BCUT2D eigenvalue weighted by molar-refractivity contribution is 0.0693. The van der Waals surface area contributed by atoms with Gasteiger partial charge < -0.3 is 14.4 Å². The molecule has 0 aliphatic heterocycles. The zero-order chi connectivity index (χ0) is 23.9. The smallest absolute Gasteiger partial charge is 0.336 e. The number of rotatable bonds is 9. The second kappa shape index (κ2) is 10.5. The molecule has 0 unspecified atom stereocenters. The number of nitrogens with zero attached hydrogens (tertiary/aromatic N) is 1. The van der Waals surface area contributed by atoms with Crippen LogP contribution in [0.25, 0.3) is 6.08 Å². The molecule has 34 heavy (non-hydrogen) atoms. The standard InChI is InChI=1S/C29H25NO4/c1-21-10-14-23(15-11-21)28(31)27-9-5-19-30(27)18-4-6-22-12-16-25(17-13-22)34-20-24-7-2-3-8-26(24)29(32)33/h2-17,19H,18,20H2,1H3,(H,32,33)/b6-4+. The first-order chi connectivity index (χ1) is 16.5. The van der Waals surface area contributed by atoms with E-state index in [1.54, 1.807) is 24.3 Å². The van der Waals surface area contributed by atoms with Crippen LogP contribution in [-0.2, 0) is 13.2 Å². The minimum atomic E-state index is -0.967. The van der Waals surface area contributed by atoms with Gasteiger partial charge in [0.25, 0.3) is 0 Å². The van der Waals surface area contributed by atoms with Gasteiger partial charge in [0.2, 0.25) is 5.78 Å². The fourth-order valence-electron chi connectivity index (χ4n) is 3.63. The highest BCUT2D eigenvalue weighted by Crippen LogP contribution is 2.18. The average Bonchev–Trinajstić information content (AvgIpc) is 3.32. The van der Waals surface area contributed by atoms with Crippen molar-refractivity contribution in [2.75, 3.05) is 0 Å². The molecule has 0 bridgehead atoms. The summed E-state index contributed by atoms with van der Waals surface area (Å²) in [5.74, 6) is -0.302. The number of carbonyl (C=O) groups is 2. The molecule has 1 N–H and O–H groups in total. The Kier molecular flexibility index (Phi) is 7.04.